The molecule has 0 aromatic carbocycles. The van der Waals surface area contributed by atoms with Gasteiger partial charge in [0.1, 0.15) is 11.9 Å². The van der Waals surface area contributed by atoms with Crippen LogP contribution in [-0.2, 0) is 0 Å². The SMILES string of the molecule is Nc1ncc(C(=O)O)cc1C(O)C(O)CS. The third kappa shape index (κ3) is 2.63. The van der Waals surface area contributed by atoms with Crippen molar-refractivity contribution in [1.82, 2.24) is 4.98 Å². The van der Waals surface area contributed by atoms with Gasteiger partial charge in [0, 0.05) is 17.5 Å². The second-order valence-electron chi connectivity index (χ2n) is 3.20. The van der Waals surface area contributed by atoms with Crippen LogP contribution in [0.1, 0.15) is 22.0 Å². The van der Waals surface area contributed by atoms with Gasteiger partial charge in [-0.2, -0.15) is 12.6 Å². The minimum absolute atomic E-state index is 0.0154. The van der Waals surface area contributed by atoms with Crippen LogP contribution < -0.4 is 5.73 Å². The lowest BCUT2D eigenvalue weighted by atomic mass is 10.0. The number of carboxylic acid groups (broad SMARTS) is 1. The second-order valence-corrected chi connectivity index (χ2v) is 3.56. The number of anilines is 1. The van der Waals surface area contributed by atoms with Gasteiger partial charge < -0.3 is 21.1 Å². The monoisotopic (exact) mass is 244 g/mol. The molecule has 7 heteroatoms. The highest BCUT2D eigenvalue weighted by Gasteiger charge is 2.21. The van der Waals surface area contributed by atoms with Crippen molar-refractivity contribution in [3.05, 3.63) is 23.4 Å². The Morgan fingerprint density at radius 3 is 2.69 bits per heavy atom. The number of nitrogens with zero attached hydrogens (tertiary/aromatic N) is 1. The molecule has 1 heterocycles. The zero-order chi connectivity index (χ0) is 12.3. The smallest absolute Gasteiger partial charge is 0.337 e. The van der Waals surface area contributed by atoms with Gasteiger partial charge in [-0.3, -0.25) is 0 Å². The van der Waals surface area contributed by atoms with Crippen LogP contribution >= 0.6 is 12.6 Å². The maximum Gasteiger partial charge on any atom is 0.337 e. The Labute approximate surface area is 97.2 Å². The minimum atomic E-state index is -1.30. The molecule has 0 radical (unpaired) electrons. The van der Waals surface area contributed by atoms with E-state index in [0.29, 0.717) is 0 Å². The molecule has 0 saturated heterocycles. The summed E-state index contributed by atoms with van der Waals surface area (Å²) in [5.74, 6) is -1.17. The van der Waals surface area contributed by atoms with Crippen molar-refractivity contribution >= 4 is 24.4 Å². The number of carboxylic acids is 1. The molecule has 2 atom stereocenters. The first-order chi connectivity index (χ1) is 7.47. The van der Waals surface area contributed by atoms with Gasteiger partial charge >= 0.3 is 5.97 Å². The highest BCUT2D eigenvalue weighted by molar-refractivity contribution is 7.80. The average molecular weight is 244 g/mol. The number of nitrogens with two attached hydrogens (primary N) is 1. The van der Waals surface area contributed by atoms with E-state index in [9.17, 15) is 15.0 Å². The predicted octanol–water partition coefficient (Wildman–Crippen LogP) is -0.314. The van der Waals surface area contributed by atoms with Crippen LogP contribution in [-0.4, -0.2) is 38.1 Å². The van der Waals surface area contributed by atoms with Gasteiger partial charge in [0.2, 0.25) is 0 Å². The lowest BCUT2D eigenvalue weighted by molar-refractivity contribution is 0.0339. The molecular weight excluding hydrogens is 232 g/mol. The van der Waals surface area contributed by atoms with Gasteiger partial charge in [-0.25, -0.2) is 9.78 Å². The number of nitrogen functional groups attached to an aromatic ring is 1. The molecule has 0 aliphatic rings. The summed E-state index contributed by atoms with van der Waals surface area (Å²) in [7, 11) is 0. The molecule has 1 rings (SSSR count). The molecule has 5 N–H and O–H groups in total. The first-order valence-electron chi connectivity index (χ1n) is 4.43. The highest BCUT2D eigenvalue weighted by atomic mass is 32.1. The zero-order valence-electron chi connectivity index (χ0n) is 8.24. The van der Waals surface area contributed by atoms with E-state index < -0.39 is 18.2 Å². The van der Waals surface area contributed by atoms with Crippen molar-refractivity contribution in [2.45, 2.75) is 12.2 Å². The van der Waals surface area contributed by atoms with Gasteiger partial charge in [0.15, 0.2) is 0 Å². The Hall–Kier alpha value is -1.31. The molecule has 0 amide bonds. The fourth-order valence-corrected chi connectivity index (χ4v) is 1.35. The number of aromatic carboxylic acids is 1. The van der Waals surface area contributed by atoms with E-state index in [1.165, 1.54) is 6.07 Å². The Bertz CT molecular complexity index is 399. The number of pyridine rings is 1. The number of hydrogen-bond acceptors (Lipinski definition) is 6. The predicted molar refractivity (Wildman–Crippen MR) is 60.4 cm³/mol. The normalized spacial score (nSPS) is 14.4. The summed E-state index contributed by atoms with van der Waals surface area (Å²) in [4.78, 5) is 14.3. The maximum atomic E-state index is 10.7. The molecule has 1 aromatic heterocycles. The summed E-state index contributed by atoms with van der Waals surface area (Å²) in [6.45, 7) is 0. The molecule has 6 nitrogen and oxygen atoms in total. The van der Waals surface area contributed by atoms with Crippen LogP contribution in [0.3, 0.4) is 0 Å². The third-order valence-corrected chi connectivity index (χ3v) is 2.44. The topological polar surface area (TPSA) is 117 Å². The van der Waals surface area contributed by atoms with Crippen molar-refractivity contribution in [1.29, 1.82) is 0 Å². The van der Waals surface area contributed by atoms with Crippen molar-refractivity contribution in [2.75, 3.05) is 11.5 Å². The molecule has 2 unspecified atom stereocenters. The van der Waals surface area contributed by atoms with Gasteiger partial charge in [-0.15, -0.1) is 0 Å². The molecule has 88 valence electrons. The molecule has 0 bridgehead atoms. The summed E-state index contributed by atoms with van der Waals surface area (Å²) in [6.07, 6.45) is -1.35. The van der Waals surface area contributed by atoms with Crippen molar-refractivity contribution in [2.24, 2.45) is 0 Å². The van der Waals surface area contributed by atoms with E-state index in [2.05, 4.69) is 17.6 Å². The molecule has 0 fully saturated rings. The Balaban J connectivity index is 3.11. The summed E-state index contributed by atoms with van der Waals surface area (Å²) in [6, 6.07) is 1.18. The highest BCUT2D eigenvalue weighted by Crippen LogP contribution is 2.23. The maximum absolute atomic E-state index is 10.7. The van der Waals surface area contributed by atoms with Gasteiger partial charge in [0.25, 0.3) is 0 Å². The number of aliphatic hydroxyl groups is 2. The quantitative estimate of drug-likeness (QED) is 0.464. The number of carbonyl (C=O) groups is 1. The van der Waals surface area contributed by atoms with Crippen LogP contribution in [0, 0.1) is 0 Å². The summed E-state index contributed by atoms with van der Waals surface area (Å²) in [5.41, 5.74) is 5.47. The van der Waals surface area contributed by atoms with Crippen LogP contribution in [0.25, 0.3) is 0 Å². The second kappa shape index (κ2) is 5.15. The lowest BCUT2D eigenvalue weighted by Gasteiger charge is -2.17. The minimum Gasteiger partial charge on any atom is -0.478 e. The third-order valence-electron chi connectivity index (χ3n) is 2.07. The first-order valence-corrected chi connectivity index (χ1v) is 5.06. The van der Waals surface area contributed by atoms with E-state index in [1.54, 1.807) is 0 Å². The van der Waals surface area contributed by atoms with E-state index >= 15 is 0 Å². The largest absolute Gasteiger partial charge is 0.478 e. The van der Waals surface area contributed by atoms with Gasteiger partial charge in [-0.05, 0) is 6.07 Å². The summed E-state index contributed by atoms with van der Waals surface area (Å²) < 4.78 is 0. The van der Waals surface area contributed by atoms with Crippen LogP contribution in [0.15, 0.2) is 12.3 Å². The molecule has 0 spiro atoms. The standard InChI is InChI=1S/C9H12N2O4S/c10-8-5(7(13)6(12)3-16)1-4(2-11-8)9(14)15/h1-2,6-7,12-13,16H,3H2,(H2,10,11)(H,14,15). The number of aromatic nitrogens is 1. The van der Waals surface area contributed by atoms with Gasteiger partial charge in [-0.1, -0.05) is 0 Å². The van der Waals surface area contributed by atoms with E-state index in [-0.39, 0.29) is 22.7 Å². The molecule has 0 aliphatic carbocycles. The molecule has 0 saturated carbocycles. The van der Waals surface area contributed by atoms with Gasteiger partial charge in [0.05, 0.1) is 11.7 Å². The number of rotatable bonds is 4. The zero-order valence-corrected chi connectivity index (χ0v) is 9.13. The van der Waals surface area contributed by atoms with Crippen molar-refractivity contribution in [3.8, 4) is 0 Å². The average Bonchev–Trinajstić information content (AvgIpc) is 2.27. The lowest BCUT2D eigenvalue weighted by Crippen LogP contribution is -2.21. The number of thiol groups is 1. The molecule has 0 aliphatic heterocycles. The number of aliphatic hydroxyl groups excluding tert-OH is 2. The fraction of sp³-hybridized carbons (Fsp3) is 0.333. The van der Waals surface area contributed by atoms with Crippen LogP contribution in [0.2, 0.25) is 0 Å². The van der Waals surface area contributed by atoms with E-state index in [1.807, 2.05) is 0 Å². The molecule has 1 aromatic rings. The fourth-order valence-electron chi connectivity index (χ4n) is 1.15. The van der Waals surface area contributed by atoms with Crippen LogP contribution in [0.5, 0.6) is 0 Å². The van der Waals surface area contributed by atoms with Crippen molar-refractivity contribution < 1.29 is 20.1 Å². The Morgan fingerprint density at radius 2 is 2.19 bits per heavy atom. The van der Waals surface area contributed by atoms with E-state index in [0.717, 1.165) is 6.20 Å². The molecule has 16 heavy (non-hydrogen) atoms. The van der Waals surface area contributed by atoms with Crippen molar-refractivity contribution in [3.63, 3.8) is 0 Å². The molecular formula is C9H12N2O4S. The Kier molecular flexibility index (Phi) is 4.11. The Morgan fingerprint density at radius 1 is 1.56 bits per heavy atom. The van der Waals surface area contributed by atoms with E-state index in [4.69, 9.17) is 10.8 Å². The summed E-state index contributed by atoms with van der Waals surface area (Å²) >= 11 is 3.82. The summed E-state index contributed by atoms with van der Waals surface area (Å²) in [5, 5.41) is 27.8. The van der Waals surface area contributed by atoms with Crippen LogP contribution in [0.4, 0.5) is 5.82 Å². The number of hydrogen-bond donors (Lipinski definition) is 5. The first kappa shape index (κ1) is 12.8.